The lowest BCUT2D eigenvalue weighted by atomic mass is 9.99. The normalized spacial score (nSPS) is 15.9. The molecular weight excluding hydrogens is 455 g/mol. The second kappa shape index (κ2) is 9.10. The third kappa shape index (κ3) is 4.53. The lowest BCUT2D eigenvalue weighted by Crippen LogP contribution is -2.45. The zero-order chi connectivity index (χ0) is 24.6. The number of pyridine rings is 1. The highest BCUT2D eigenvalue weighted by Gasteiger charge is 2.25. The van der Waals surface area contributed by atoms with Gasteiger partial charge in [0.15, 0.2) is 5.65 Å². The molecule has 180 valence electrons. The first-order valence-corrected chi connectivity index (χ1v) is 12.1. The van der Waals surface area contributed by atoms with Crippen molar-refractivity contribution in [2.45, 2.75) is 25.4 Å². The summed E-state index contributed by atoms with van der Waals surface area (Å²) in [6, 6.07) is 16.6. The Hall–Kier alpha value is -4.22. The molecule has 1 saturated heterocycles. The quantitative estimate of drug-likeness (QED) is 0.387. The molecule has 0 atom stereocenters. The molecule has 2 aromatic heterocycles. The number of aromatic nitrogens is 3. The van der Waals surface area contributed by atoms with Crippen LogP contribution in [-0.2, 0) is 6.54 Å². The van der Waals surface area contributed by atoms with E-state index < -0.39 is 0 Å². The highest BCUT2D eigenvalue weighted by Crippen LogP contribution is 2.28. The van der Waals surface area contributed by atoms with Crippen molar-refractivity contribution in [3.8, 4) is 23.5 Å². The van der Waals surface area contributed by atoms with Gasteiger partial charge in [0.05, 0.1) is 0 Å². The summed E-state index contributed by atoms with van der Waals surface area (Å²) in [6.07, 6.45) is 9.35. The molecule has 2 aromatic carbocycles. The molecule has 4 aromatic rings. The van der Waals surface area contributed by atoms with Gasteiger partial charge in [-0.15, -0.1) is 17.4 Å². The lowest BCUT2D eigenvalue weighted by molar-refractivity contribution is 0.0951. The second-order valence-corrected chi connectivity index (χ2v) is 9.44. The van der Waals surface area contributed by atoms with Gasteiger partial charge >= 0.3 is 0 Å². The molecule has 1 aliphatic heterocycles. The summed E-state index contributed by atoms with van der Waals surface area (Å²) in [5.41, 5.74) is 4.17. The highest BCUT2D eigenvalue weighted by molar-refractivity contribution is 5.95. The first kappa shape index (κ1) is 22.3. The minimum Gasteiger partial charge on any atom is -0.349 e. The van der Waals surface area contributed by atoms with Crippen molar-refractivity contribution in [1.29, 1.82) is 0 Å². The van der Waals surface area contributed by atoms with E-state index in [1.54, 1.807) is 28.9 Å². The van der Waals surface area contributed by atoms with E-state index >= 15 is 0 Å². The van der Waals surface area contributed by atoms with Gasteiger partial charge in [-0.3, -0.25) is 9.69 Å². The number of terminal acetylenes is 1. The number of hydrogen-bond donors (Lipinski definition) is 2. The van der Waals surface area contributed by atoms with Gasteiger partial charge in [0, 0.05) is 60.2 Å². The number of nitrogens with one attached hydrogen (secondary N) is 2. The fourth-order valence-corrected chi connectivity index (χ4v) is 4.40. The minimum atomic E-state index is -0.248. The van der Waals surface area contributed by atoms with Crippen LogP contribution in [0.4, 0.5) is 16.0 Å². The summed E-state index contributed by atoms with van der Waals surface area (Å²) in [6.45, 7) is 2.17. The Kier molecular flexibility index (Phi) is 5.62. The third-order valence-corrected chi connectivity index (χ3v) is 6.63. The van der Waals surface area contributed by atoms with Crippen LogP contribution in [0.3, 0.4) is 0 Å². The number of likely N-dealkylation sites (tertiary alicyclic amines) is 1. The number of hydrogen-bond acceptors (Lipinski definition) is 5. The number of nitrogens with zero attached hydrogens (tertiary/aromatic N) is 4. The maximum absolute atomic E-state index is 14.9. The van der Waals surface area contributed by atoms with Gasteiger partial charge < -0.3 is 10.6 Å². The summed E-state index contributed by atoms with van der Waals surface area (Å²) < 4.78 is 16.6. The number of halogens is 1. The van der Waals surface area contributed by atoms with Crippen molar-refractivity contribution in [2.75, 3.05) is 18.4 Å². The average molecular weight is 481 g/mol. The molecule has 2 aliphatic rings. The Bertz CT molecular complexity index is 1480. The molecule has 2 N–H and O–H groups in total. The summed E-state index contributed by atoms with van der Waals surface area (Å²) in [4.78, 5) is 19.0. The van der Waals surface area contributed by atoms with E-state index in [9.17, 15) is 9.18 Å². The average Bonchev–Trinajstić information content (AvgIpc) is 3.57. The molecule has 0 spiro atoms. The van der Waals surface area contributed by atoms with Gasteiger partial charge in [0.25, 0.3) is 5.91 Å². The second-order valence-electron chi connectivity index (χ2n) is 9.44. The molecule has 6 rings (SSSR count). The molecule has 36 heavy (non-hydrogen) atoms. The minimum absolute atomic E-state index is 0.0561. The van der Waals surface area contributed by atoms with Crippen molar-refractivity contribution < 1.29 is 9.18 Å². The predicted octanol–water partition coefficient (Wildman–Crippen LogP) is 4.24. The number of anilines is 2. The van der Waals surface area contributed by atoms with Gasteiger partial charge in [-0.05, 0) is 60.9 Å². The van der Waals surface area contributed by atoms with Crippen LogP contribution in [0.2, 0.25) is 0 Å². The molecule has 1 aliphatic carbocycles. The summed E-state index contributed by atoms with van der Waals surface area (Å²) >= 11 is 0. The van der Waals surface area contributed by atoms with Crippen molar-refractivity contribution in [3.63, 3.8) is 0 Å². The molecular formula is C28H25FN6O. The van der Waals surface area contributed by atoms with Crippen LogP contribution in [0, 0.1) is 24.1 Å². The number of amides is 1. The maximum atomic E-state index is 14.9. The third-order valence-electron chi connectivity index (χ3n) is 6.63. The topological polar surface area (TPSA) is 74.6 Å². The van der Waals surface area contributed by atoms with Crippen LogP contribution < -0.4 is 10.6 Å². The van der Waals surface area contributed by atoms with E-state index in [0.29, 0.717) is 35.3 Å². The van der Waals surface area contributed by atoms with Gasteiger partial charge in [-0.1, -0.05) is 12.1 Å². The van der Waals surface area contributed by atoms with Gasteiger partial charge in [0.1, 0.15) is 5.82 Å². The number of rotatable bonds is 7. The highest BCUT2D eigenvalue weighted by atomic mass is 19.1. The Morgan fingerprint density at radius 2 is 1.94 bits per heavy atom. The molecule has 1 saturated carbocycles. The SMILES string of the molecule is C#CC1CN(Cc2ccc(-c3cccn4nc(Nc5ccc(C(=O)NC6CC6)cc5)nc34)cc2F)C1. The van der Waals surface area contributed by atoms with E-state index in [1.807, 2.05) is 36.4 Å². The van der Waals surface area contributed by atoms with Crippen LogP contribution in [0.5, 0.6) is 0 Å². The number of benzene rings is 2. The summed E-state index contributed by atoms with van der Waals surface area (Å²) in [7, 11) is 0. The fraction of sp³-hybridized carbons (Fsp3) is 0.250. The van der Waals surface area contributed by atoms with Crippen LogP contribution >= 0.6 is 0 Å². The van der Waals surface area contributed by atoms with E-state index in [1.165, 1.54) is 0 Å². The number of carbonyl (C=O) groups excluding carboxylic acids is 1. The van der Waals surface area contributed by atoms with Gasteiger partial charge in [0.2, 0.25) is 5.95 Å². The van der Waals surface area contributed by atoms with E-state index in [2.05, 4.69) is 31.5 Å². The standard InChI is InChI=1S/C28H25FN6O/c1-2-18-15-34(16-18)17-21-6-5-20(14-25(21)29)24-4-3-13-35-26(24)32-28(33-35)31-23-9-7-19(8-10-23)27(36)30-22-11-12-22/h1,3-10,13-14,18,22H,11-12,15-17H2,(H,30,36)(H,31,33). The molecule has 1 amide bonds. The summed E-state index contributed by atoms with van der Waals surface area (Å²) in [5.74, 6) is 3.12. The summed E-state index contributed by atoms with van der Waals surface area (Å²) in [5, 5.41) is 10.7. The van der Waals surface area contributed by atoms with Crippen molar-refractivity contribution in [3.05, 3.63) is 77.7 Å². The molecule has 0 unspecified atom stereocenters. The molecule has 3 heterocycles. The smallest absolute Gasteiger partial charge is 0.251 e. The van der Waals surface area contributed by atoms with E-state index in [4.69, 9.17) is 6.42 Å². The monoisotopic (exact) mass is 480 g/mol. The van der Waals surface area contributed by atoms with E-state index in [0.717, 1.165) is 42.7 Å². The zero-order valence-electron chi connectivity index (χ0n) is 19.6. The fourth-order valence-electron chi connectivity index (χ4n) is 4.40. The van der Waals surface area contributed by atoms with Gasteiger partial charge in [-0.25, -0.2) is 8.91 Å². The maximum Gasteiger partial charge on any atom is 0.251 e. The van der Waals surface area contributed by atoms with Crippen molar-refractivity contribution in [2.24, 2.45) is 5.92 Å². The lowest BCUT2D eigenvalue weighted by Gasteiger charge is -2.36. The Morgan fingerprint density at radius 1 is 1.14 bits per heavy atom. The van der Waals surface area contributed by atoms with Crippen LogP contribution in [0.25, 0.3) is 16.8 Å². The Labute approximate surface area is 208 Å². The van der Waals surface area contributed by atoms with Crippen molar-refractivity contribution >= 4 is 23.2 Å². The molecule has 2 fully saturated rings. The first-order valence-electron chi connectivity index (χ1n) is 12.1. The first-order chi connectivity index (χ1) is 17.6. The predicted molar refractivity (Wildman–Crippen MR) is 136 cm³/mol. The largest absolute Gasteiger partial charge is 0.349 e. The van der Waals surface area contributed by atoms with Crippen LogP contribution in [0.15, 0.2) is 60.8 Å². The number of carbonyl (C=O) groups is 1. The van der Waals surface area contributed by atoms with Crippen LogP contribution in [-0.4, -0.2) is 44.5 Å². The zero-order valence-corrected chi connectivity index (χ0v) is 19.6. The number of fused-ring (bicyclic) bond motifs is 1. The Balaban J connectivity index is 1.19. The van der Waals surface area contributed by atoms with E-state index in [-0.39, 0.29) is 17.6 Å². The Morgan fingerprint density at radius 3 is 2.67 bits per heavy atom. The van der Waals surface area contributed by atoms with Crippen molar-refractivity contribution in [1.82, 2.24) is 24.8 Å². The molecule has 0 radical (unpaired) electrons. The van der Waals surface area contributed by atoms with Gasteiger partial charge in [-0.2, -0.15) is 4.98 Å². The van der Waals surface area contributed by atoms with Crippen LogP contribution in [0.1, 0.15) is 28.8 Å². The molecule has 0 bridgehead atoms. The molecule has 8 heteroatoms. The molecule has 7 nitrogen and oxygen atoms in total.